The molecule has 0 saturated carbocycles. The fourth-order valence-electron chi connectivity index (χ4n) is 3.06. The number of likely N-dealkylation sites (tertiary alicyclic amines) is 1. The van der Waals surface area contributed by atoms with Crippen molar-refractivity contribution in [2.75, 3.05) is 32.1 Å². The lowest BCUT2D eigenvalue weighted by molar-refractivity contribution is -0.136. The minimum Gasteiger partial charge on any atom is -0.497 e. The molecule has 0 atom stereocenters. The van der Waals surface area contributed by atoms with Gasteiger partial charge in [-0.05, 0) is 49.2 Å². The average Bonchev–Trinajstić information content (AvgIpc) is 2.73. The Kier molecular flexibility index (Phi) is 6.30. The molecule has 3 rings (SSSR count). The van der Waals surface area contributed by atoms with Gasteiger partial charge in [-0.1, -0.05) is 18.2 Å². The molecule has 27 heavy (non-hydrogen) atoms. The molecule has 2 aromatic carbocycles. The lowest BCUT2D eigenvalue weighted by atomic mass is 9.95. The number of ether oxygens (including phenoxy) is 2. The average molecular weight is 368 g/mol. The van der Waals surface area contributed by atoms with Crippen LogP contribution in [0.2, 0.25) is 0 Å². The van der Waals surface area contributed by atoms with Gasteiger partial charge in [0.25, 0.3) is 5.91 Å². The molecular formula is C21H24N2O4. The number of hydrogen-bond acceptors (Lipinski definition) is 4. The number of nitrogens with one attached hydrogen (secondary N) is 1. The zero-order chi connectivity index (χ0) is 19.1. The van der Waals surface area contributed by atoms with Crippen molar-refractivity contribution >= 4 is 17.5 Å². The molecule has 142 valence electrons. The standard InChI is InChI=1S/C21H24N2O4/c1-26-18-9-7-17(8-10-18)22-21(25)16-11-13-23(14-12-16)20(24)15-27-19-5-3-2-4-6-19/h2-10,16H,11-15H2,1H3,(H,22,25). The number of rotatable bonds is 6. The van der Waals surface area contributed by atoms with Crippen molar-refractivity contribution in [3.05, 3.63) is 54.6 Å². The number of benzene rings is 2. The predicted octanol–water partition coefficient (Wildman–Crippen LogP) is 2.95. The van der Waals surface area contributed by atoms with E-state index in [9.17, 15) is 9.59 Å². The van der Waals surface area contributed by atoms with Gasteiger partial charge in [-0.15, -0.1) is 0 Å². The second kappa shape index (κ2) is 9.07. The summed E-state index contributed by atoms with van der Waals surface area (Å²) in [7, 11) is 1.60. The highest BCUT2D eigenvalue weighted by Crippen LogP contribution is 2.21. The van der Waals surface area contributed by atoms with E-state index in [0.717, 1.165) is 11.4 Å². The molecule has 6 nitrogen and oxygen atoms in total. The summed E-state index contributed by atoms with van der Waals surface area (Å²) in [4.78, 5) is 26.5. The summed E-state index contributed by atoms with van der Waals surface area (Å²) in [6.45, 7) is 1.15. The molecule has 0 aromatic heterocycles. The molecule has 0 bridgehead atoms. The maximum absolute atomic E-state index is 12.4. The van der Waals surface area contributed by atoms with Gasteiger partial charge >= 0.3 is 0 Å². The molecule has 6 heteroatoms. The van der Waals surface area contributed by atoms with Gasteiger partial charge < -0.3 is 19.7 Å². The second-order valence-electron chi connectivity index (χ2n) is 6.47. The maximum atomic E-state index is 12.4. The summed E-state index contributed by atoms with van der Waals surface area (Å²) in [6.07, 6.45) is 1.30. The first kappa shape index (κ1) is 18.8. The largest absolute Gasteiger partial charge is 0.497 e. The highest BCUT2D eigenvalue weighted by molar-refractivity contribution is 5.92. The van der Waals surface area contributed by atoms with Crippen molar-refractivity contribution in [3.63, 3.8) is 0 Å². The molecule has 2 amide bonds. The molecule has 0 aliphatic carbocycles. The monoisotopic (exact) mass is 368 g/mol. The summed E-state index contributed by atoms with van der Waals surface area (Å²) < 4.78 is 10.6. The third-order valence-electron chi connectivity index (χ3n) is 4.68. The molecule has 1 N–H and O–H groups in total. The lowest BCUT2D eigenvalue weighted by Crippen LogP contribution is -2.43. The quantitative estimate of drug-likeness (QED) is 0.851. The van der Waals surface area contributed by atoms with Crippen molar-refractivity contribution in [2.24, 2.45) is 5.92 Å². The van der Waals surface area contributed by atoms with Crippen LogP contribution < -0.4 is 14.8 Å². The van der Waals surface area contributed by atoms with Crippen LogP contribution in [-0.2, 0) is 9.59 Å². The van der Waals surface area contributed by atoms with Gasteiger partial charge in [0.05, 0.1) is 7.11 Å². The maximum Gasteiger partial charge on any atom is 0.260 e. The Labute approximate surface area is 159 Å². The number of carbonyl (C=O) groups excluding carboxylic acids is 2. The van der Waals surface area contributed by atoms with Gasteiger partial charge in [0.15, 0.2) is 6.61 Å². The van der Waals surface area contributed by atoms with E-state index >= 15 is 0 Å². The highest BCUT2D eigenvalue weighted by Gasteiger charge is 2.27. The van der Waals surface area contributed by atoms with E-state index in [-0.39, 0.29) is 24.3 Å². The van der Waals surface area contributed by atoms with Crippen LogP contribution in [0.15, 0.2) is 54.6 Å². The first-order valence-electron chi connectivity index (χ1n) is 9.06. The van der Waals surface area contributed by atoms with Gasteiger partial charge in [0, 0.05) is 24.7 Å². The molecule has 1 fully saturated rings. The van der Waals surface area contributed by atoms with Crippen LogP contribution in [0.5, 0.6) is 11.5 Å². The van der Waals surface area contributed by atoms with Crippen LogP contribution in [0, 0.1) is 5.92 Å². The first-order chi connectivity index (χ1) is 13.2. The van der Waals surface area contributed by atoms with Gasteiger partial charge in [-0.3, -0.25) is 9.59 Å². The van der Waals surface area contributed by atoms with Crippen LogP contribution in [0.4, 0.5) is 5.69 Å². The summed E-state index contributed by atoms with van der Waals surface area (Å²) in [5, 5.41) is 2.93. The van der Waals surface area contributed by atoms with E-state index < -0.39 is 0 Å². The van der Waals surface area contributed by atoms with E-state index in [1.165, 1.54) is 0 Å². The number of methoxy groups -OCH3 is 1. The molecule has 0 spiro atoms. The van der Waals surface area contributed by atoms with Crippen LogP contribution in [0.25, 0.3) is 0 Å². The van der Waals surface area contributed by atoms with E-state index in [1.807, 2.05) is 54.6 Å². The summed E-state index contributed by atoms with van der Waals surface area (Å²) in [6, 6.07) is 16.5. The number of para-hydroxylation sites is 1. The van der Waals surface area contributed by atoms with Gasteiger partial charge in [-0.25, -0.2) is 0 Å². The van der Waals surface area contributed by atoms with E-state index in [2.05, 4.69) is 5.32 Å². The molecule has 1 aliphatic heterocycles. The Morgan fingerprint density at radius 3 is 2.30 bits per heavy atom. The first-order valence-corrected chi connectivity index (χ1v) is 9.06. The Morgan fingerprint density at radius 1 is 1.00 bits per heavy atom. The minimum atomic E-state index is -0.0915. The topological polar surface area (TPSA) is 67.9 Å². The van der Waals surface area contributed by atoms with Gasteiger partial charge in [0.1, 0.15) is 11.5 Å². The van der Waals surface area contributed by atoms with Crippen molar-refractivity contribution in [3.8, 4) is 11.5 Å². The third kappa shape index (κ3) is 5.23. The van der Waals surface area contributed by atoms with Crippen molar-refractivity contribution < 1.29 is 19.1 Å². The molecular weight excluding hydrogens is 344 g/mol. The van der Waals surface area contributed by atoms with E-state index in [0.29, 0.717) is 31.7 Å². The number of piperidine rings is 1. The summed E-state index contributed by atoms with van der Waals surface area (Å²) >= 11 is 0. The van der Waals surface area contributed by atoms with Crippen molar-refractivity contribution in [1.29, 1.82) is 0 Å². The molecule has 0 unspecified atom stereocenters. The molecule has 1 saturated heterocycles. The SMILES string of the molecule is COc1ccc(NC(=O)C2CCN(C(=O)COc3ccccc3)CC2)cc1. The Balaban J connectivity index is 1.43. The normalized spacial score (nSPS) is 14.5. The summed E-state index contributed by atoms with van der Waals surface area (Å²) in [5.74, 6) is 1.28. The number of hydrogen-bond donors (Lipinski definition) is 1. The number of nitrogens with zero attached hydrogens (tertiary/aromatic N) is 1. The van der Waals surface area contributed by atoms with Crippen LogP contribution in [0.1, 0.15) is 12.8 Å². The van der Waals surface area contributed by atoms with Crippen molar-refractivity contribution in [2.45, 2.75) is 12.8 Å². The minimum absolute atomic E-state index is 0.00667. The van der Waals surface area contributed by atoms with Crippen LogP contribution in [0.3, 0.4) is 0 Å². The zero-order valence-electron chi connectivity index (χ0n) is 15.4. The fraction of sp³-hybridized carbons (Fsp3) is 0.333. The molecule has 1 aliphatic rings. The molecule has 1 heterocycles. The lowest BCUT2D eigenvalue weighted by Gasteiger charge is -2.31. The summed E-state index contributed by atoms with van der Waals surface area (Å²) in [5.41, 5.74) is 0.746. The van der Waals surface area contributed by atoms with Gasteiger partial charge in [0.2, 0.25) is 5.91 Å². The Bertz CT molecular complexity index is 754. The molecule has 0 radical (unpaired) electrons. The fourth-order valence-corrected chi connectivity index (χ4v) is 3.06. The third-order valence-corrected chi connectivity index (χ3v) is 4.68. The van der Waals surface area contributed by atoms with Crippen molar-refractivity contribution in [1.82, 2.24) is 4.90 Å². The molecule has 2 aromatic rings. The Hall–Kier alpha value is -3.02. The highest BCUT2D eigenvalue weighted by atomic mass is 16.5. The van der Waals surface area contributed by atoms with E-state index in [1.54, 1.807) is 12.0 Å². The number of carbonyl (C=O) groups is 2. The zero-order valence-corrected chi connectivity index (χ0v) is 15.4. The van der Waals surface area contributed by atoms with Crippen LogP contribution in [-0.4, -0.2) is 43.5 Å². The van der Waals surface area contributed by atoms with Crippen LogP contribution >= 0.6 is 0 Å². The van der Waals surface area contributed by atoms with E-state index in [4.69, 9.17) is 9.47 Å². The second-order valence-corrected chi connectivity index (χ2v) is 6.47. The Morgan fingerprint density at radius 2 is 1.67 bits per heavy atom. The van der Waals surface area contributed by atoms with Gasteiger partial charge in [-0.2, -0.15) is 0 Å². The smallest absolute Gasteiger partial charge is 0.260 e. The predicted molar refractivity (Wildman–Crippen MR) is 103 cm³/mol. The number of amides is 2. The number of anilines is 1.